The maximum absolute atomic E-state index is 12.5. The molecular formula is C25H26N2O2S. The molecule has 154 valence electrons. The van der Waals surface area contributed by atoms with Crippen molar-refractivity contribution in [1.29, 1.82) is 0 Å². The third kappa shape index (κ3) is 4.79. The largest absolute Gasteiger partial charge is 0.415 e. The molecule has 0 aromatic heterocycles. The Balaban J connectivity index is 1.42. The molecule has 1 aliphatic rings. The van der Waals surface area contributed by atoms with Gasteiger partial charge in [0.05, 0.1) is 5.69 Å². The zero-order chi connectivity index (χ0) is 20.9. The van der Waals surface area contributed by atoms with Gasteiger partial charge in [-0.05, 0) is 49.7 Å². The van der Waals surface area contributed by atoms with Crippen molar-refractivity contribution in [2.45, 2.75) is 23.6 Å². The lowest BCUT2D eigenvalue weighted by Crippen LogP contribution is -2.49. The van der Waals surface area contributed by atoms with Crippen LogP contribution in [0.3, 0.4) is 0 Å². The molecule has 1 heterocycles. The number of carbonyl (C=O) groups excluding carboxylic acids is 1. The zero-order valence-electron chi connectivity index (χ0n) is 17.4. The predicted octanol–water partition coefficient (Wildman–Crippen LogP) is 5.78. The first-order valence-electron chi connectivity index (χ1n) is 10.2. The second-order valence-corrected chi connectivity index (χ2v) is 8.58. The fraction of sp³-hybridized carbons (Fsp3) is 0.240. The van der Waals surface area contributed by atoms with Crippen molar-refractivity contribution in [3.05, 3.63) is 83.9 Å². The molecule has 0 radical (unpaired) electrons. The molecule has 4 rings (SSSR count). The van der Waals surface area contributed by atoms with Gasteiger partial charge in [0.1, 0.15) is 5.75 Å². The first kappa shape index (κ1) is 20.4. The van der Waals surface area contributed by atoms with Crippen LogP contribution in [0.2, 0.25) is 0 Å². The van der Waals surface area contributed by atoms with E-state index < -0.39 is 0 Å². The Morgan fingerprint density at radius 2 is 1.53 bits per heavy atom. The molecule has 0 spiro atoms. The highest BCUT2D eigenvalue weighted by Crippen LogP contribution is 2.37. The summed E-state index contributed by atoms with van der Waals surface area (Å²) in [6.45, 7) is 7.15. The molecule has 1 amide bonds. The van der Waals surface area contributed by atoms with Crippen molar-refractivity contribution in [1.82, 2.24) is 4.90 Å². The van der Waals surface area contributed by atoms with Gasteiger partial charge < -0.3 is 14.5 Å². The predicted molar refractivity (Wildman–Crippen MR) is 123 cm³/mol. The van der Waals surface area contributed by atoms with Crippen LogP contribution in [0.1, 0.15) is 11.1 Å². The molecule has 3 aromatic rings. The fourth-order valence-corrected chi connectivity index (χ4v) is 4.66. The van der Waals surface area contributed by atoms with Gasteiger partial charge in [0, 0.05) is 36.0 Å². The van der Waals surface area contributed by atoms with Gasteiger partial charge in [0.2, 0.25) is 0 Å². The van der Waals surface area contributed by atoms with Gasteiger partial charge >= 0.3 is 6.09 Å². The van der Waals surface area contributed by atoms with Crippen molar-refractivity contribution >= 4 is 23.5 Å². The molecule has 0 atom stereocenters. The molecule has 0 unspecified atom stereocenters. The summed E-state index contributed by atoms with van der Waals surface area (Å²) in [5.74, 6) is 0.583. The number of hydrogen-bond donors (Lipinski definition) is 0. The molecular weight excluding hydrogens is 392 g/mol. The molecule has 30 heavy (non-hydrogen) atoms. The number of ether oxygens (including phenoxy) is 1. The number of aryl methyl sites for hydroxylation is 2. The van der Waals surface area contributed by atoms with E-state index in [0.717, 1.165) is 13.1 Å². The van der Waals surface area contributed by atoms with E-state index in [0.29, 0.717) is 18.8 Å². The Hall–Kier alpha value is -2.92. The number of piperazine rings is 1. The maximum atomic E-state index is 12.5. The lowest BCUT2D eigenvalue weighted by atomic mass is 10.2. The van der Waals surface area contributed by atoms with Crippen molar-refractivity contribution < 1.29 is 9.53 Å². The van der Waals surface area contributed by atoms with Gasteiger partial charge in [-0.2, -0.15) is 0 Å². The van der Waals surface area contributed by atoms with E-state index >= 15 is 0 Å². The molecule has 0 aliphatic carbocycles. The normalized spacial score (nSPS) is 13.9. The lowest BCUT2D eigenvalue weighted by molar-refractivity contribution is 0.149. The van der Waals surface area contributed by atoms with Gasteiger partial charge in [0.15, 0.2) is 0 Å². The van der Waals surface area contributed by atoms with Crippen LogP contribution < -0.4 is 9.64 Å². The third-order valence-electron chi connectivity index (χ3n) is 5.24. The topological polar surface area (TPSA) is 32.8 Å². The Morgan fingerprint density at radius 3 is 2.27 bits per heavy atom. The molecule has 1 aliphatic heterocycles. The van der Waals surface area contributed by atoms with Gasteiger partial charge in [-0.3, -0.25) is 0 Å². The van der Waals surface area contributed by atoms with Crippen LogP contribution in [0.15, 0.2) is 82.6 Å². The minimum atomic E-state index is -0.279. The molecule has 4 nitrogen and oxygen atoms in total. The first-order valence-corrected chi connectivity index (χ1v) is 11.0. The SMILES string of the molecule is Cc1ccc(Sc2ccccc2N2CCN(C(=O)Oc3ccccc3)CC2)c(C)c1. The number of benzene rings is 3. The summed E-state index contributed by atoms with van der Waals surface area (Å²) in [5, 5.41) is 0. The number of rotatable bonds is 4. The van der Waals surface area contributed by atoms with Crippen molar-refractivity contribution in [3.63, 3.8) is 0 Å². The van der Waals surface area contributed by atoms with Crippen LogP contribution >= 0.6 is 11.8 Å². The highest BCUT2D eigenvalue weighted by atomic mass is 32.2. The second kappa shape index (κ2) is 9.26. The van der Waals surface area contributed by atoms with Crippen molar-refractivity contribution in [2.75, 3.05) is 31.1 Å². The number of para-hydroxylation sites is 2. The van der Waals surface area contributed by atoms with Gasteiger partial charge in [0.25, 0.3) is 0 Å². The first-order chi connectivity index (χ1) is 14.6. The monoisotopic (exact) mass is 418 g/mol. The van der Waals surface area contributed by atoms with Crippen LogP contribution in [-0.4, -0.2) is 37.2 Å². The highest BCUT2D eigenvalue weighted by molar-refractivity contribution is 7.99. The third-order valence-corrected chi connectivity index (χ3v) is 6.49. The quantitative estimate of drug-likeness (QED) is 0.538. The van der Waals surface area contributed by atoms with Crippen LogP contribution in [-0.2, 0) is 0 Å². The van der Waals surface area contributed by atoms with Crippen LogP contribution in [0.25, 0.3) is 0 Å². The lowest BCUT2D eigenvalue weighted by Gasteiger charge is -2.36. The maximum Gasteiger partial charge on any atom is 0.415 e. The van der Waals surface area contributed by atoms with E-state index in [1.807, 2.05) is 18.2 Å². The van der Waals surface area contributed by atoms with E-state index in [4.69, 9.17) is 4.74 Å². The van der Waals surface area contributed by atoms with Gasteiger partial charge in [-0.25, -0.2) is 4.79 Å². The smallest absolute Gasteiger partial charge is 0.410 e. The molecule has 1 fully saturated rings. The highest BCUT2D eigenvalue weighted by Gasteiger charge is 2.24. The standard InChI is InChI=1S/C25H26N2O2S/c1-19-12-13-23(20(2)18-19)30-24-11-7-6-10-22(24)26-14-16-27(17-15-26)25(28)29-21-8-4-3-5-9-21/h3-13,18H,14-17H2,1-2H3. The summed E-state index contributed by atoms with van der Waals surface area (Å²) in [6, 6.07) is 24.3. The Morgan fingerprint density at radius 1 is 0.833 bits per heavy atom. The van der Waals surface area contributed by atoms with Crippen LogP contribution in [0.4, 0.5) is 10.5 Å². The van der Waals surface area contributed by atoms with E-state index in [9.17, 15) is 4.79 Å². The average molecular weight is 419 g/mol. The summed E-state index contributed by atoms with van der Waals surface area (Å²) >= 11 is 1.81. The molecule has 0 saturated carbocycles. The minimum Gasteiger partial charge on any atom is -0.410 e. The van der Waals surface area contributed by atoms with Gasteiger partial charge in [-0.15, -0.1) is 0 Å². The number of amides is 1. The van der Waals surface area contributed by atoms with Gasteiger partial charge in [-0.1, -0.05) is 59.8 Å². The summed E-state index contributed by atoms with van der Waals surface area (Å²) in [4.78, 5) is 19.1. The Labute approximate surface area is 182 Å². The Bertz CT molecular complexity index is 1010. The number of nitrogens with zero attached hydrogens (tertiary/aromatic N) is 2. The van der Waals surface area contributed by atoms with Crippen molar-refractivity contribution in [3.8, 4) is 5.75 Å². The fourth-order valence-electron chi connectivity index (χ4n) is 3.62. The van der Waals surface area contributed by atoms with Crippen LogP contribution in [0.5, 0.6) is 5.75 Å². The summed E-state index contributed by atoms with van der Waals surface area (Å²) < 4.78 is 5.48. The van der Waals surface area contributed by atoms with E-state index in [2.05, 4.69) is 61.2 Å². The average Bonchev–Trinajstić information content (AvgIpc) is 2.77. The summed E-state index contributed by atoms with van der Waals surface area (Å²) in [7, 11) is 0. The van der Waals surface area contributed by atoms with E-state index in [1.54, 1.807) is 28.8 Å². The number of anilines is 1. The Kier molecular flexibility index (Phi) is 6.29. The van der Waals surface area contributed by atoms with Crippen LogP contribution in [0, 0.1) is 13.8 Å². The molecule has 0 N–H and O–H groups in total. The zero-order valence-corrected chi connectivity index (χ0v) is 18.2. The molecule has 0 bridgehead atoms. The molecule has 1 saturated heterocycles. The minimum absolute atomic E-state index is 0.279. The molecule has 3 aromatic carbocycles. The summed E-state index contributed by atoms with van der Waals surface area (Å²) in [6.07, 6.45) is -0.279. The summed E-state index contributed by atoms with van der Waals surface area (Å²) in [5.41, 5.74) is 3.80. The van der Waals surface area contributed by atoms with E-state index in [1.165, 1.54) is 26.6 Å². The molecule has 5 heteroatoms. The number of carbonyl (C=O) groups is 1. The van der Waals surface area contributed by atoms with Crippen molar-refractivity contribution in [2.24, 2.45) is 0 Å². The van der Waals surface area contributed by atoms with E-state index in [-0.39, 0.29) is 6.09 Å². The number of hydrogen-bond acceptors (Lipinski definition) is 4. The second-order valence-electron chi connectivity index (χ2n) is 7.49.